The van der Waals surface area contributed by atoms with Crippen molar-refractivity contribution < 1.29 is 4.74 Å². The second kappa shape index (κ2) is 6.17. The Morgan fingerprint density at radius 3 is 2.52 bits per heavy atom. The third-order valence-corrected chi connectivity index (χ3v) is 4.81. The van der Waals surface area contributed by atoms with Gasteiger partial charge in [-0.3, -0.25) is 0 Å². The lowest BCUT2D eigenvalue weighted by Crippen LogP contribution is -2.11. The quantitative estimate of drug-likeness (QED) is 0.715. The summed E-state index contributed by atoms with van der Waals surface area (Å²) in [5.74, 6) is 0.311. The molecule has 0 amide bonds. The van der Waals surface area contributed by atoms with E-state index >= 15 is 0 Å². The highest BCUT2D eigenvalue weighted by Gasteiger charge is 2.56. The molecule has 21 heavy (non-hydrogen) atoms. The molecule has 0 aromatic heterocycles. The van der Waals surface area contributed by atoms with Gasteiger partial charge in [-0.15, -0.1) is 0 Å². The summed E-state index contributed by atoms with van der Waals surface area (Å²) in [6.07, 6.45) is 0.902. The molecule has 0 bridgehead atoms. The van der Waals surface area contributed by atoms with E-state index in [2.05, 4.69) is 65.1 Å². The molecule has 2 aromatic rings. The zero-order valence-electron chi connectivity index (χ0n) is 11.6. The van der Waals surface area contributed by atoms with Crippen LogP contribution in [0.1, 0.15) is 17.5 Å². The molecule has 1 saturated carbocycles. The molecule has 1 fully saturated rings. The SMILES string of the molecule is N#C[C@]1(c2ccc(I)cc2)C[C@@H]1COCc1ccccc1. The summed E-state index contributed by atoms with van der Waals surface area (Å²) in [4.78, 5) is 0. The molecular weight excluding hydrogens is 373 g/mol. The summed E-state index contributed by atoms with van der Waals surface area (Å²) in [5.41, 5.74) is 1.97. The van der Waals surface area contributed by atoms with Gasteiger partial charge in [-0.1, -0.05) is 42.5 Å². The molecule has 2 atom stereocenters. The van der Waals surface area contributed by atoms with Crippen LogP contribution < -0.4 is 0 Å². The number of rotatable bonds is 5. The van der Waals surface area contributed by atoms with E-state index in [4.69, 9.17) is 4.74 Å². The van der Waals surface area contributed by atoms with Crippen LogP contribution >= 0.6 is 22.6 Å². The number of halogens is 1. The van der Waals surface area contributed by atoms with Crippen molar-refractivity contribution >= 4 is 22.6 Å². The molecule has 1 aliphatic carbocycles. The summed E-state index contributed by atoms with van der Waals surface area (Å²) in [7, 11) is 0. The molecule has 106 valence electrons. The highest BCUT2D eigenvalue weighted by atomic mass is 127. The number of benzene rings is 2. The van der Waals surface area contributed by atoms with Crippen LogP contribution in [0.15, 0.2) is 54.6 Å². The summed E-state index contributed by atoms with van der Waals surface area (Å²) < 4.78 is 6.99. The molecule has 2 aromatic carbocycles. The van der Waals surface area contributed by atoms with Crippen LogP contribution in [-0.4, -0.2) is 6.61 Å². The maximum Gasteiger partial charge on any atom is 0.0877 e. The number of nitrogens with zero attached hydrogens (tertiary/aromatic N) is 1. The van der Waals surface area contributed by atoms with Gasteiger partial charge < -0.3 is 4.74 Å². The lowest BCUT2D eigenvalue weighted by molar-refractivity contribution is 0.108. The van der Waals surface area contributed by atoms with Crippen LogP contribution in [0.2, 0.25) is 0 Å². The van der Waals surface area contributed by atoms with Gasteiger partial charge in [0.15, 0.2) is 0 Å². The average molecular weight is 389 g/mol. The van der Waals surface area contributed by atoms with E-state index in [1.54, 1.807) is 0 Å². The van der Waals surface area contributed by atoms with Crippen molar-refractivity contribution in [1.82, 2.24) is 0 Å². The summed E-state index contributed by atoms with van der Waals surface area (Å²) in [6.45, 7) is 1.26. The van der Waals surface area contributed by atoms with Gasteiger partial charge in [-0.2, -0.15) is 5.26 Å². The number of nitriles is 1. The topological polar surface area (TPSA) is 33.0 Å². The highest BCUT2D eigenvalue weighted by molar-refractivity contribution is 14.1. The van der Waals surface area contributed by atoms with Gasteiger partial charge in [-0.25, -0.2) is 0 Å². The molecule has 0 radical (unpaired) electrons. The number of ether oxygens (including phenoxy) is 1. The molecule has 0 saturated heterocycles. The summed E-state index contributed by atoms with van der Waals surface area (Å²) in [5, 5.41) is 9.56. The van der Waals surface area contributed by atoms with Crippen molar-refractivity contribution in [3.63, 3.8) is 0 Å². The zero-order valence-corrected chi connectivity index (χ0v) is 13.8. The zero-order chi connectivity index (χ0) is 14.7. The average Bonchev–Trinajstić information content (AvgIpc) is 3.24. The van der Waals surface area contributed by atoms with E-state index in [-0.39, 0.29) is 5.41 Å². The predicted octanol–water partition coefficient (Wildman–Crippen LogP) is 4.29. The fourth-order valence-electron chi connectivity index (χ4n) is 2.73. The highest BCUT2D eigenvalue weighted by Crippen LogP contribution is 2.54. The molecule has 0 unspecified atom stereocenters. The Morgan fingerprint density at radius 1 is 1.14 bits per heavy atom. The molecule has 1 aliphatic rings. The first kappa shape index (κ1) is 14.6. The maximum atomic E-state index is 9.56. The minimum absolute atomic E-state index is 0.311. The second-order valence-electron chi connectivity index (χ2n) is 5.49. The van der Waals surface area contributed by atoms with Crippen LogP contribution in [0.25, 0.3) is 0 Å². The van der Waals surface area contributed by atoms with E-state index in [0.29, 0.717) is 19.1 Å². The minimum Gasteiger partial charge on any atom is -0.376 e. The molecule has 3 heteroatoms. The fraction of sp³-hybridized carbons (Fsp3) is 0.278. The third-order valence-electron chi connectivity index (χ3n) is 4.09. The Kier molecular flexibility index (Phi) is 4.27. The molecule has 0 N–H and O–H groups in total. The van der Waals surface area contributed by atoms with Crippen LogP contribution in [0.5, 0.6) is 0 Å². The normalized spacial score (nSPS) is 23.5. The van der Waals surface area contributed by atoms with Gasteiger partial charge in [-0.05, 0) is 52.3 Å². The fourth-order valence-corrected chi connectivity index (χ4v) is 3.09. The first-order chi connectivity index (χ1) is 10.2. The van der Waals surface area contributed by atoms with Gasteiger partial charge in [0.2, 0.25) is 0 Å². The van der Waals surface area contributed by atoms with Gasteiger partial charge in [0.05, 0.1) is 24.7 Å². The molecule has 3 rings (SSSR count). The van der Waals surface area contributed by atoms with Crippen LogP contribution in [0.3, 0.4) is 0 Å². The van der Waals surface area contributed by atoms with Gasteiger partial charge in [0, 0.05) is 9.49 Å². The molecule has 0 aliphatic heterocycles. The van der Waals surface area contributed by atoms with Gasteiger partial charge in [0.1, 0.15) is 0 Å². The summed E-state index contributed by atoms with van der Waals surface area (Å²) >= 11 is 2.28. The Balaban J connectivity index is 1.59. The van der Waals surface area contributed by atoms with E-state index in [0.717, 1.165) is 12.0 Å². The third kappa shape index (κ3) is 3.12. The standard InChI is InChI=1S/C18H16INO/c19-17-8-6-15(7-9-17)18(13-20)10-16(18)12-21-11-14-4-2-1-3-5-14/h1-9,16H,10-12H2/t16-,18+/m1/s1. The van der Waals surface area contributed by atoms with Crippen molar-refractivity contribution in [3.05, 3.63) is 69.3 Å². The Hall–Kier alpha value is -1.38. The Morgan fingerprint density at radius 2 is 1.86 bits per heavy atom. The lowest BCUT2D eigenvalue weighted by Gasteiger charge is -2.10. The van der Waals surface area contributed by atoms with Crippen LogP contribution in [0.4, 0.5) is 0 Å². The second-order valence-corrected chi connectivity index (χ2v) is 6.74. The Bertz CT molecular complexity index is 647. The van der Waals surface area contributed by atoms with Crippen molar-refractivity contribution in [1.29, 1.82) is 5.26 Å². The number of hydrogen-bond donors (Lipinski definition) is 0. The minimum atomic E-state index is -0.332. The Labute approximate surface area is 138 Å². The largest absolute Gasteiger partial charge is 0.376 e. The van der Waals surface area contributed by atoms with Crippen molar-refractivity contribution in [2.45, 2.75) is 18.4 Å². The molecule has 0 heterocycles. The monoisotopic (exact) mass is 389 g/mol. The van der Waals surface area contributed by atoms with Crippen molar-refractivity contribution in [2.24, 2.45) is 5.92 Å². The van der Waals surface area contributed by atoms with E-state index < -0.39 is 0 Å². The van der Waals surface area contributed by atoms with E-state index in [1.807, 2.05) is 18.2 Å². The smallest absolute Gasteiger partial charge is 0.0877 e. The van der Waals surface area contributed by atoms with E-state index in [1.165, 1.54) is 9.13 Å². The molecule has 0 spiro atoms. The predicted molar refractivity (Wildman–Crippen MR) is 90.7 cm³/mol. The number of hydrogen-bond acceptors (Lipinski definition) is 2. The van der Waals surface area contributed by atoms with Crippen molar-refractivity contribution in [3.8, 4) is 6.07 Å². The molecule has 2 nitrogen and oxygen atoms in total. The molecular formula is C18H16INO. The van der Waals surface area contributed by atoms with Gasteiger partial charge >= 0.3 is 0 Å². The first-order valence-corrected chi connectivity index (χ1v) is 8.11. The lowest BCUT2D eigenvalue weighted by atomic mass is 9.95. The maximum absolute atomic E-state index is 9.56. The van der Waals surface area contributed by atoms with Gasteiger partial charge in [0.25, 0.3) is 0 Å². The van der Waals surface area contributed by atoms with Crippen molar-refractivity contribution in [2.75, 3.05) is 6.61 Å². The van der Waals surface area contributed by atoms with Crippen LogP contribution in [-0.2, 0) is 16.8 Å². The first-order valence-electron chi connectivity index (χ1n) is 7.03. The van der Waals surface area contributed by atoms with E-state index in [9.17, 15) is 5.26 Å². The summed E-state index contributed by atoms with van der Waals surface area (Å²) in [6, 6.07) is 20.9. The van der Waals surface area contributed by atoms with Crippen LogP contribution in [0, 0.1) is 20.8 Å².